The van der Waals surface area contributed by atoms with E-state index in [1.165, 1.54) is 9.80 Å². The Morgan fingerprint density at radius 2 is 1.93 bits per heavy atom. The highest BCUT2D eigenvalue weighted by Crippen LogP contribution is 2.39. The molecule has 162 valence electrons. The minimum absolute atomic E-state index is 0.0104. The van der Waals surface area contributed by atoms with Gasteiger partial charge in [0.25, 0.3) is 5.91 Å². The number of carbonyl (C=O) groups excluding carboxylic acids is 3. The fourth-order valence-electron chi connectivity index (χ4n) is 3.81. The van der Waals surface area contributed by atoms with E-state index in [4.69, 9.17) is 23.2 Å². The van der Waals surface area contributed by atoms with Crippen molar-refractivity contribution in [3.05, 3.63) is 45.1 Å². The minimum Gasteiger partial charge on any atom is -0.342 e. The lowest BCUT2D eigenvalue weighted by molar-refractivity contribution is -0.142. The summed E-state index contributed by atoms with van der Waals surface area (Å²) in [6.07, 6.45) is 0. The van der Waals surface area contributed by atoms with Crippen LogP contribution in [-0.4, -0.2) is 64.8 Å². The molecule has 4 amide bonds. The summed E-state index contributed by atoms with van der Waals surface area (Å²) in [5, 5.41) is 3.71. The number of likely N-dealkylation sites (N-methyl/N-ethyl adjacent to an activating group) is 2. The number of nitrogens with zero attached hydrogens (tertiary/aromatic N) is 3. The number of nitrogens with one attached hydrogen (secondary N) is 1. The smallest absolute Gasteiger partial charge is 0.322 e. The van der Waals surface area contributed by atoms with Gasteiger partial charge in [-0.3, -0.25) is 14.5 Å². The Bertz CT molecular complexity index is 931. The molecule has 1 aromatic carbocycles. The van der Waals surface area contributed by atoms with Gasteiger partial charge in [0.15, 0.2) is 0 Å². The summed E-state index contributed by atoms with van der Waals surface area (Å²) < 4.78 is 0. The molecule has 7 nitrogen and oxygen atoms in total. The van der Waals surface area contributed by atoms with Gasteiger partial charge in [0.2, 0.25) is 5.91 Å². The number of urea groups is 1. The molecule has 2 atom stereocenters. The van der Waals surface area contributed by atoms with Crippen LogP contribution < -0.4 is 5.32 Å². The fraction of sp³-hybridized carbons (Fsp3) is 0.476. The normalized spacial score (nSPS) is 19.9. The molecule has 0 bridgehead atoms. The Morgan fingerprint density at radius 3 is 2.50 bits per heavy atom. The Labute approximate surface area is 186 Å². The molecule has 0 aliphatic carbocycles. The first-order valence-electron chi connectivity index (χ1n) is 9.92. The number of hydrogen-bond acceptors (Lipinski definition) is 3. The molecule has 0 saturated carbocycles. The second-order valence-electron chi connectivity index (χ2n) is 7.80. The predicted octanol–water partition coefficient (Wildman–Crippen LogP) is 3.43. The second kappa shape index (κ2) is 8.47. The van der Waals surface area contributed by atoms with Crippen molar-refractivity contribution < 1.29 is 14.4 Å². The molecule has 0 saturated heterocycles. The summed E-state index contributed by atoms with van der Waals surface area (Å²) in [5.74, 6) is -0.431. The average Bonchev–Trinajstić information content (AvgIpc) is 3.03. The third kappa shape index (κ3) is 3.76. The van der Waals surface area contributed by atoms with Crippen LogP contribution in [0.3, 0.4) is 0 Å². The maximum atomic E-state index is 13.5. The van der Waals surface area contributed by atoms with Crippen LogP contribution in [0.25, 0.3) is 0 Å². The summed E-state index contributed by atoms with van der Waals surface area (Å²) in [6, 6.07) is 3.30. The number of rotatable bonds is 5. The first-order chi connectivity index (χ1) is 14.1. The van der Waals surface area contributed by atoms with E-state index in [2.05, 4.69) is 5.32 Å². The SMILES string of the molecule is CCN1C(=O)N[C@@H](c2ccc(Cl)cc2Cl)C2=C1CN([C@H](C)C(=O)N(C)C(C)C)C2=O. The van der Waals surface area contributed by atoms with Gasteiger partial charge in [0.1, 0.15) is 6.04 Å². The highest BCUT2D eigenvalue weighted by atomic mass is 35.5. The standard InChI is InChI=1S/C21H26Cl2N4O3/c1-6-26-16-10-27(12(4)19(28)25(5)11(2)3)20(29)17(16)18(24-21(26)30)14-8-7-13(22)9-15(14)23/h7-9,11-12,18H,6,10H2,1-5H3,(H,24,30)/t12-,18+/m1/s1. The molecule has 9 heteroatoms. The van der Waals surface area contributed by atoms with Crippen LogP contribution in [0.4, 0.5) is 4.79 Å². The van der Waals surface area contributed by atoms with E-state index in [1.54, 1.807) is 37.1 Å². The quantitative estimate of drug-likeness (QED) is 0.743. The summed E-state index contributed by atoms with van der Waals surface area (Å²) >= 11 is 12.4. The number of benzene rings is 1. The van der Waals surface area contributed by atoms with Gasteiger partial charge < -0.3 is 15.1 Å². The van der Waals surface area contributed by atoms with Crippen molar-refractivity contribution in [1.29, 1.82) is 0 Å². The number of carbonyl (C=O) groups is 3. The monoisotopic (exact) mass is 452 g/mol. The Morgan fingerprint density at radius 1 is 1.27 bits per heavy atom. The summed E-state index contributed by atoms with van der Waals surface area (Å²) in [4.78, 5) is 43.7. The predicted molar refractivity (Wildman–Crippen MR) is 116 cm³/mol. The minimum atomic E-state index is -0.706. The van der Waals surface area contributed by atoms with Gasteiger partial charge in [0, 0.05) is 29.7 Å². The van der Waals surface area contributed by atoms with Crippen LogP contribution in [0.1, 0.15) is 39.3 Å². The lowest BCUT2D eigenvalue weighted by Gasteiger charge is -2.33. The zero-order valence-corrected chi connectivity index (χ0v) is 19.2. The van der Waals surface area contributed by atoms with Gasteiger partial charge in [-0.1, -0.05) is 29.3 Å². The molecule has 1 aromatic rings. The molecule has 0 radical (unpaired) electrons. The summed E-state index contributed by atoms with van der Waals surface area (Å²) in [5.41, 5.74) is 1.63. The largest absolute Gasteiger partial charge is 0.342 e. The lowest BCUT2D eigenvalue weighted by Crippen LogP contribution is -2.49. The maximum Gasteiger partial charge on any atom is 0.322 e. The molecule has 2 aliphatic heterocycles. The molecule has 0 aromatic heterocycles. The maximum absolute atomic E-state index is 13.5. The van der Waals surface area contributed by atoms with Crippen LogP contribution in [-0.2, 0) is 9.59 Å². The molecular formula is C21H26Cl2N4O3. The molecule has 0 spiro atoms. The van der Waals surface area contributed by atoms with Crippen LogP contribution in [0.5, 0.6) is 0 Å². The Kier molecular flexibility index (Phi) is 6.34. The van der Waals surface area contributed by atoms with E-state index < -0.39 is 12.1 Å². The molecule has 1 N–H and O–H groups in total. The average molecular weight is 453 g/mol. The molecule has 2 aliphatic rings. The number of amides is 4. The van der Waals surface area contributed by atoms with Crippen molar-refractivity contribution in [2.24, 2.45) is 0 Å². The van der Waals surface area contributed by atoms with Gasteiger partial charge in [0.05, 0.1) is 23.9 Å². The van der Waals surface area contributed by atoms with Crippen molar-refractivity contribution in [3.8, 4) is 0 Å². The van der Waals surface area contributed by atoms with Gasteiger partial charge in [-0.25, -0.2) is 4.79 Å². The molecule has 2 heterocycles. The van der Waals surface area contributed by atoms with Crippen LogP contribution in [0.2, 0.25) is 10.0 Å². The highest BCUT2D eigenvalue weighted by Gasteiger charge is 2.46. The fourth-order valence-corrected chi connectivity index (χ4v) is 4.33. The van der Waals surface area contributed by atoms with Crippen molar-refractivity contribution in [2.75, 3.05) is 20.1 Å². The first-order valence-corrected chi connectivity index (χ1v) is 10.7. The number of hydrogen-bond donors (Lipinski definition) is 1. The lowest BCUT2D eigenvalue weighted by atomic mass is 9.95. The zero-order valence-electron chi connectivity index (χ0n) is 17.7. The van der Waals surface area contributed by atoms with E-state index >= 15 is 0 Å². The first kappa shape index (κ1) is 22.4. The summed E-state index contributed by atoms with van der Waals surface area (Å²) in [7, 11) is 1.72. The van der Waals surface area contributed by atoms with Crippen LogP contribution in [0, 0.1) is 0 Å². The van der Waals surface area contributed by atoms with E-state index in [0.717, 1.165) is 0 Å². The summed E-state index contributed by atoms with van der Waals surface area (Å²) in [6.45, 7) is 7.98. The van der Waals surface area contributed by atoms with Crippen molar-refractivity contribution >= 4 is 41.0 Å². The molecule has 0 unspecified atom stereocenters. The topological polar surface area (TPSA) is 73.0 Å². The van der Waals surface area contributed by atoms with Crippen molar-refractivity contribution in [3.63, 3.8) is 0 Å². The molecular weight excluding hydrogens is 427 g/mol. The highest BCUT2D eigenvalue weighted by molar-refractivity contribution is 6.35. The van der Waals surface area contributed by atoms with E-state index in [-0.39, 0.29) is 30.4 Å². The van der Waals surface area contributed by atoms with Crippen LogP contribution >= 0.6 is 23.2 Å². The van der Waals surface area contributed by atoms with E-state index in [9.17, 15) is 14.4 Å². The van der Waals surface area contributed by atoms with Gasteiger partial charge >= 0.3 is 6.03 Å². The zero-order chi connectivity index (χ0) is 22.3. The van der Waals surface area contributed by atoms with E-state index in [0.29, 0.717) is 33.4 Å². The van der Waals surface area contributed by atoms with Gasteiger partial charge in [-0.15, -0.1) is 0 Å². The second-order valence-corrected chi connectivity index (χ2v) is 8.65. The Hall–Kier alpha value is -2.25. The number of halogens is 2. The van der Waals surface area contributed by atoms with Crippen LogP contribution in [0.15, 0.2) is 29.5 Å². The van der Waals surface area contributed by atoms with Gasteiger partial charge in [-0.05, 0) is 45.4 Å². The molecule has 3 rings (SSSR count). The Balaban J connectivity index is 2.01. The van der Waals surface area contributed by atoms with Crippen molar-refractivity contribution in [1.82, 2.24) is 20.0 Å². The molecule has 0 fully saturated rings. The van der Waals surface area contributed by atoms with Crippen molar-refractivity contribution in [2.45, 2.75) is 45.8 Å². The third-order valence-electron chi connectivity index (χ3n) is 5.79. The molecule has 30 heavy (non-hydrogen) atoms. The third-order valence-corrected chi connectivity index (χ3v) is 6.35. The van der Waals surface area contributed by atoms with E-state index in [1.807, 2.05) is 20.8 Å². The van der Waals surface area contributed by atoms with Gasteiger partial charge in [-0.2, -0.15) is 0 Å².